The van der Waals surface area contributed by atoms with E-state index in [2.05, 4.69) is 17.1 Å². The van der Waals surface area contributed by atoms with Crippen molar-refractivity contribution in [2.75, 3.05) is 39.4 Å². The Morgan fingerprint density at radius 1 is 1.18 bits per heavy atom. The van der Waals surface area contributed by atoms with Gasteiger partial charge in [-0.25, -0.2) is 0 Å². The molecule has 6 nitrogen and oxygen atoms in total. The number of rotatable bonds is 11. The van der Waals surface area contributed by atoms with Crippen molar-refractivity contribution >= 4 is 35.9 Å². The number of carbonyl (C=O) groups excluding carboxylic acids is 1. The molecule has 1 unspecified atom stereocenters. The molecule has 0 radical (unpaired) electrons. The summed E-state index contributed by atoms with van der Waals surface area (Å²) in [6.45, 7) is 15.3. The Kier molecular flexibility index (Phi) is 15.0. The summed E-state index contributed by atoms with van der Waals surface area (Å²) in [6, 6.07) is 0. The smallest absolute Gasteiger partial charge is 0.306 e. The van der Waals surface area contributed by atoms with Crippen molar-refractivity contribution in [2.45, 2.75) is 78.7 Å². The van der Waals surface area contributed by atoms with E-state index in [0.29, 0.717) is 12.3 Å². The normalized spacial score (nSPS) is 17.4. The molecule has 0 spiro atoms. The van der Waals surface area contributed by atoms with E-state index in [4.69, 9.17) is 14.5 Å². The summed E-state index contributed by atoms with van der Waals surface area (Å²) < 4.78 is 10.9. The van der Waals surface area contributed by atoms with Crippen LogP contribution < -0.4 is 5.32 Å². The highest BCUT2D eigenvalue weighted by Gasteiger charge is 2.24. The molecule has 0 aromatic rings. The second-order valence-electron chi connectivity index (χ2n) is 8.25. The molecule has 0 amide bonds. The molecule has 1 saturated heterocycles. The molecular weight excluding hydrogens is 469 g/mol. The quantitative estimate of drug-likeness (QED) is 0.148. The van der Waals surface area contributed by atoms with Crippen molar-refractivity contribution in [3.05, 3.63) is 0 Å². The zero-order chi connectivity index (χ0) is 20.1. The lowest BCUT2D eigenvalue weighted by molar-refractivity contribution is -0.154. The fourth-order valence-electron chi connectivity index (χ4n) is 3.18. The zero-order valence-corrected chi connectivity index (χ0v) is 20.9. The first kappa shape index (κ1) is 27.4. The average molecular weight is 511 g/mol. The number of likely N-dealkylation sites (tertiary alicyclic amines) is 1. The molecule has 0 bridgehead atoms. The third kappa shape index (κ3) is 12.8. The molecule has 7 heteroatoms. The number of hydrogen-bond acceptors (Lipinski definition) is 4. The SMILES string of the molecule is CCNC(=NCCCCCCC(=O)OC(C)(C)C)N1CCC(COCC)C1.I. The number of ether oxygens (including phenoxy) is 2. The summed E-state index contributed by atoms with van der Waals surface area (Å²) in [5.41, 5.74) is -0.383. The van der Waals surface area contributed by atoms with Gasteiger partial charge in [-0.3, -0.25) is 9.79 Å². The van der Waals surface area contributed by atoms with Crippen LogP contribution in [0.25, 0.3) is 0 Å². The third-order valence-electron chi connectivity index (χ3n) is 4.45. The minimum absolute atomic E-state index is 0. The highest BCUT2D eigenvalue weighted by atomic mass is 127. The highest BCUT2D eigenvalue weighted by Crippen LogP contribution is 2.17. The maximum atomic E-state index is 11.7. The molecule has 1 N–H and O–H groups in total. The minimum Gasteiger partial charge on any atom is -0.460 e. The van der Waals surface area contributed by atoms with Crippen LogP contribution in [0.4, 0.5) is 0 Å². The van der Waals surface area contributed by atoms with Crippen molar-refractivity contribution < 1.29 is 14.3 Å². The van der Waals surface area contributed by atoms with Crippen LogP contribution in [0.1, 0.15) is 73.1 Å². The van der Waals surface area contributed by atoms with Gasteiger partial charge in [-0.15, -0.1) is 24.0 Å². The van der Waals surface area contributed by atoms with Crippen LogP contribution in [0.3, 0.4) is 0 Å². The summed E-state index contributed by atoms with van der Waals surface area (Å²) in [5.74, 6) is 1.55. The van der Waals surface area contributed by atoms with Crippen LogP contribution in [0.2, 0.25) is 0 Å². The first-order valence-electron chi connectivity index (χ1n) is 10.7. The van der Waals surface area contributed by atoms with Crippen molar-refractivity contribution in [1.29, 1.82) is 0 Å². The van der Waals surface area contributed by atoms with Gasteiger partial charge < -0.3 is 19.7 Å². The summed E-state index contributed by atoms with van der Waals surface area (Å²) in [5, 5.41) is 3.41. The van der Waals surface area contributed by atoms with Gasteiger partial charge in [0.15, 0.2) is 5.96 Å². The second kappa shape index (κ2) is 15.3. The number of unbranched alkanes of at least 4 members (excludes halogenated alkanes) is 3. The van der Waals surface area contributed by atoms with Crippen LogP contribution in [-0.4, -0.2) is 61.8 Å². The number of nitrogens with one attached hydrogen (secondary N) is 1. The number of halogens is 1. The Bertz CT molecular complexity index is 453. The largest absolute Gasteiger partial charge is 0.460 e. The van der Waals surface area contributed by atoms with Gasteiger partial charge in [0.05, 0.1) is 6.61 Å². The van der Waals surface area contributed by atoms with E-state index in [9.17, 15) is 4.79 Å². The van der Waals surface area contributed by atoms with Gasteiger partial charge in [0, 0.05) is 45.1 Å². The fourth-order valence-corrected chi connectivity index (χ4v) is 3.18. The van der Waals surface area contributed by atoms with Gasteiger partial charge in [0.2, 0.25) is 0 Å². The van der Waals surface area contributed by atoms with Crippen molar-refractivity contribution in [3.63, 3.8) is 0 Å². The molecule has 0 aliphatic carbocycles. The number of aliphatic imine (C=N–C) groups is 1. The van der Waals surface area contributed by atoms with Crippen LogP contribution in [-0.2, 0) is 14.3 Å². The van der Waals surface area contributed by atoms with Crippen LogP contribution in [0, 0.1) is 5.92 Å². The van der Waals surface area contributed by atoms with E-state index < -0.39 is 0 Å². The van der Waals surface area contributed by atoms with E-state index in [0.717, 1.165) is 71.0 Å². The number of hydrogen-bond donors (Lipinski definition) is 1. The first-order chi connectivity index (χ1) is 12.9. The summed E-state index contributed by atoms with van der Waals surface area (Å²) in [6.07, 6.45) is 5.78. The molecule has 0 aromatic carbocycles. The van der Waals surface area contributed by atoms with Crippen molar-refractivity contribution in [2.24, 2.45) is 10.9 Å². The van der Waals surface area contributed by atoms with E-state index >= 15 is 0 Å². The molecule has 1 fully saturated rings. The monoisotopic (exact) mass is 511 g/mol. The standard InChI is InChI=1S/C21H41N3O3.HI/c1-6-22-20(24-15-13-18(16-24)17-26-7-2)23-14-11-9-8-10-12-19(25)27-21(3,4)5;/h18H,6-17H2,1-5H3,(H,22,23);1H. The van der Waals surface area contributed by atoms with E-state index in [1.54, 1.807) is 0 Å². The maximum absolute atomic E-state index is 11.7. The Morgan fingerprint density at radius 3 is 2.54 bits per heavy atom. The number of guanidine groups is 1. The van der Waals surface area contributed by atoms with Crippen LogP contribution in [0.15, 0.2) is 4.99 Å². The summed E-state index contributed by atoms with van der Waals surface area (Å²) >= 11 is 0. The van der Waals surface area contributed by atoms with Crippen molar-refractivity contribution in [3.8, 4) is 0 Å². The molecule has 1 rings (SSSR count). The molecule has 1 heterocycles. The Labute approximate surface area is 189 Å². The average Bonchev–Trinajstić information content (AvgIpc) is 3.05. The number of esters is 1. The topological polar surface area (TPSA) is 63.2 Å². The Morgan fingerprint density at radius 2 is 1.89 bits per heavy atom. The molecule has 28 heavy (non-hydrogen) atoms. The van der Waals surface area contributed by atoms with Gasteiger partial charge in [-0.2, -0.15) is 0 Å². The van der Waals surface area contributed by atoms with E-state index in [-0.39, 0.29) is 35.5 Å². The Balaban J connectivity index is 0.00000729. The molecule has 166 valence electrons. The highest BCUT2D eigenvalue weighted by molar-refractivity contribution is 14.0. The molecule has 1 aliphatic heterocycles. The lowest BCUT2D eigenvalue weighted by Gasteiger charge is -2.21. The minimum atomic E-state index is -0.383. The number of carbonyl (C=O) groups is 1. The Hall–Kier alpha value is -0.570. The first-order valence-corrected chi connectivity index (χ1v) is 10.7. The maximum Gasteiger partial charge on any atom is 0.306 e. The molecular formula is C21H42IN3O3. The third-order valence-corrected chi connectivity index (χ3v) is 4.45. The summed E-state index contributed by atoms with van der Waals surface area (Å²) in [4.78, 5) is 18.8. The van der Waals surface area contributed by atoms with E-state index in [1.807, 2.05) is 27.7 Å². The molecule has 1 aliphatic rings. The lowest BCUT2D eigenvalue weighted by Crippen LogP contribution is -2.40. The van der Waals surface area contributed by atoms with Gasteiger partial charge in [0.25, 0.3) is 0 Å². The van der Waals surface area contributed by atoms with E-state index in [1.165, 1.54) is 6.42 Å². The second-order valence-corrected chi connectivity index (χ2v) is 8.25. The summed E-state index contributed by atoms with van der Waals surface area (Å²) in [7, 11) is 0. The molecule has 0 saturated carbocycles. The van der Waals surface area contributed by atoms with Crippen molar-refractivity contribution in [1.82, 2.24) is 10.2 Å². The predicted molar refractivity (Wildman–Crippen MR) is 126 cm³/mol. The zero-order valence-electron chi connectivity index (χ0n) is 18.6. The lowest BCUT2D eigenvalue weighted by atomic mass is 10.1. The van der Waals surface area contributed by atoms with Gasteiger partial charge in [-0.1, -0.05) is 12.8 Å². The van der Waals surface area contributed by atoms with Crippen LogP contribution >= 0.6 is 24.0 Å². The predicted octanol–water partition coefficient (Wildman–Crippen LogP) is 4.22. The molecule has 0 aromatic heterocycles. The van der Waals surface area contributed by atoms with Crippen LogP contribution in [0.5, 0.6) is 0 Å². The number of nitrogens with zero attached hydrogens (tertiary/aromatic N) is 2. The fraction of sp³-hybridized carbons (Fsp3) is 0.905. The van der Waals surface area contributed by atoms with Gasteiger partial charge >= 0.3 is 5.97 Å². The van der Waals surface area contributed by atoms with Gasteiger partial charge in [-0.05, 0) is 53.9 Å². The molecule has 1 atom stereocenters. The van der Waals surface area contributed by atoms with Gasteiger partial charge in [0.1, 0.15) is 5.60 Å².